The Hall–Kier alpha value is -1.99. The zero-order valence-electron chi connectivity index (χ0n) is 11.6. The first-order valence-electron chi connectivity index (χ1n) is 6.36. The van der Waals surface area contributed by atoms with Gasteiger partial charge in [-0.2, -0.15) is 0 Å². The first-order valence-corrected chi connectivity index (χ1v) is 7.11. The van der Waals surface area contributed by atoms with Crippen molar-refractivity contribution in [2.24, 2.45) is 0 Å². The van der Waals surface area contributed by atoms with Crippen LogP contribution in [0.25, 0.3) is 0 Å². The van der Waals surface area contributed by atoms with E-state index in [1.807, 2.05) is 0 Å². The van der Waals surface area contributed by atoms with Crippen LogP contribution in [0.15, 0.2) is 12.1 Å². The van der Waals surface area contributed by atoms with Crippen LogP contribution in [0.3, 0.4) is 0 Å². The molecule has 0 saturated carbocycles. The second kappa shape index (κ2) is 6.41. The molecule has 7 nitrogen and oxygen atoms in total. The maximum Gasteiger partial charge on any atom is 0.341 e. The Morgan fingerprint density at radius 1 is 1.41 bits per heavy atom. The van der Waals surface area contributed by atoms with Crippen LogP contribution in [0, 0.1) is 0 Å². The van der Waals surface area contributed by atoms with Crippen molar-refractivity contribution in [2.45, 2.75) is 13.0 Å². The number of rotatable bonds is 3. The number of amides is 3. The fourth-order valence-electron chi connectivity index (χ4n) is 1.93. The normalized spacial score (nSPS) is 15.4. The molecule has 0 radical (unpaired) electrons. The van der Waals surface area contributed by atoms with Gasteiger partial charge in [-0.25, -0.2) is 9.59 Å². The van der Waals surface area contributed by atoms with Gasteiger partial charge in [-0.1, -0.05) is 23.2 Å². The van der Waals surface area contributed by atoms with Gasteiger partial charge in [0.15, 0.2) is 6.10 Å². The van der Waals surface area contributed by atoms with Gasteiger partial charge in [0, 0.05) is 18.1 Å². The number of ether oxygens (including phenoxy) is 1. The van der Waals surface area contributed by atoms with Crippen LogP contribution in [0.2, 0.25) is 10.0 Å². The summed E-state index contributed by atoms with van der Waals surface area (Å²) in [6.07, 6.45) is -1.14. The predicted molar refractivity (Wildman–Crippen MR) is 80.9 cm³/mol. The van der Waals surface area contributed by atoms with Crippen molar-refractivity contribution in [3.63, 3.8) is 0 Å². The number of carbonyl (C=O) groups excluding carboxylic acids is 3. The average Bonchev–Trinajstić information content (AvgIpc) is 2.87. The van der Waals surface area contributed by atoms with Crippen LogP contribution in [-0.2, 0) is 9.53 Å². The molecule has 1 aliphatic rings. The number of imide groups is 1. The highest BCUT2D eigenvalue weighted by molar-refractivity contribution is 6.37. The summed E-state index contributed by atoms with van der Waals surface area (Å²) in [7, 11) is 0. The number of esters is 1. The van der Waals surface area contributed by atoms with E-state index in [1.165, 1.54) is 19.1 Å². The van der Waals surface area contributed by atoms with E-state index in [2.05, 4.69) is 5.32 Å². The quantitative estimate of drug-likeness (QED) is 0.640. The lowest BCUT2D eigenvalue weighted by Crippen LogP contribution is -2.41. The minimum atomic E-state index is -1.14. The molecule has 1 aliphatic heterocycles. The lowest BCUT2D eigenvalue weighted by atomic mass is 10.2. The van der Waals surface area contributed by atoms with Crippen molar-refractivity contribution >= 4 is 46.8 Å². The summed E-state index contributed by atoms with van der Waals surface area (Å²) < 4.78 is 5.04. The second-order valence-electron chi connectivity index (χ2n) is 4.62. The zero-order valence-corrected chi connectivity index (χ0v) is 13.1. The van der Waals surface area contributed by atoms with Crippen molar-refractivity contribution < 1.29 is 19.1 Å². The topological polar surface area (TPSA) is 102 Å². The molecule has 0 bridgehead atoms. The number of carbonyl (C=O) groups is 3. The molecule has 0 aliphatic carbocycles. The van der Waals surface area contributed by atoms with Gasteiger partial charge in [-0.15, -0.1) is 0 Å². The van der Waals surface area contributed by atoms with E-state index in [0.29, 0.717) is 6.54 Å². The summed E-state index contributed by atoms with van der Waals surface area (Å²) in [5.74, 6) is -1.46. The maximum atomic E-state index is 12.1. The van der Waals surface area contributed by atoms with Gasteiger partial charge in [0.05, 0.1) is 16.3 Å². The fourth-order valence-corrected chi connectivity index (χ4v) is 2.42. The number of hydrogen-bond acceptors (Lipinski definition) is 5. The highest BCUT2D eigenvalue weighted by Gasteiger charge is 2.32. The minimum Gasteiger partial charge on any atom is -0.449 e. The fraction of sp³-hybridized carbons (Fsp3) is 0.308. The van der Waals surface area contributed by atoms with Crippen LogP contribution in [0.1, 0.15) is 17.3 Å². The summed E-state index contributed by atoms with van der Waals surface area (Å²) in [6, 6.07) is 2.17. The smallest absolute Gasteiger partial charge is 0.341 e. The Kier molecular flexibility index (Phi) is 4.77. The Bertz CT molecular complexity index is 650. The Labute approximate surface area is 136 Å². The van der Waals surface area contributed by atoms with E-state index in [4.69, 9.17) is 33.7 Å². The third-order valence-electron chi connectivity index (χ3n) is 3.07. The second-order valence-corrected chi connectivity index (χ2v) is 5.46. The van der Waals surface area contributed by atoms with Crippen LogP contribution in [0.5, 0.6) is 0 Å². The van der Waals surface area contributed by atoms with Crippen LogP contribution >= 0.6 is 23.2 Å². The molecule has 1 aromatic carbocycles. The molecule has 0 aromatic heterocycles. The van der Waals surface area contributed by atoms with E-state index < -0.39 is 24.0 Å². The van der Waals surface area contributed by atoms with Gasteiger partial charge >= 0.3 is 12.0 Å². The van der Waals surface area contributed by atoms with E-state index in [-0.39, 0.29) is 27.8 Å². The molecule has 22 heavy (non-hydrogen) atoms. The van der Waals surface area contributed by atoms with E-state index in [1.54, 1.807) is 0 Å². The average molecular weight is 346 g/mol. The lowest BCUT2D eigenvalue weighted by Gasteiger charge is -2.18. The number of urea groups is 1. The highest BCUT2D eigenvalue weighted by Crippen LogP contribution is 2.28. The monoisotopic (exact) mass is 345 g/mol. The van der Waals surface area contributed by atoms with Crippen molar-refractivity contribution in [3.8, 4) is 0 Å². The largest absolute Gasteiger partial charge is 0.449 e. The molecular formula is C13H13Cl2N3O4. The summed E-state index contributed by atoms with van der Waals surface area (Å²) in [4.78, 5) is 36.5. The molecule has 118 valence electrons. The van der Waals surface area contributed by atoms with Crippen molar-refractivity contribution in [1.29, 1.82) is 0 Å². The van der Waals surface area contributed by atoms with E-state index in [0.717, 1.165) is 4.90 Å². The molecule has 9 heteroatoms. The van der Waals surface area contributed by atoms with E-state index in [9.17, 15) is 14.4 Å². The SMILES string of the molecule is CC(OC(=O)c1cc(Cl)cc(Cl)c1N)C(=O)N1CCNC1=O. The summed E-state index contributed by atoms with van der Waals surface area (Å²) in [5, 5.41) is 2.81. The number of nitrogens with one attached hydrogen (secondary N) is 1. The molecular weight excluding hydrogens is 333 g/mol. The molecule has 1 heterocycles. The van der Waals surface area contributed by atoms with Crippen molar-refractivity contribution in [2.75, 3.05) is 18.8 Å². The molecule has 1 unspecified atom stereocenters. The summed E-state index contributed by atoms with van der Waals surface area (Å²) in [5.41, 5.74) is 5.67. The number of nitrogens with zero attached hydrogens (tertiary/aromatic N) is 1. The van der Waals surface area contributed by atoms with Crippen LogP contribution < -0.4 is 11.1 Å². The Morgan fingerprint density at radius 2 is 2.09 bits per heavy atom. The molecule has 1 atom stereocenters. The minimum absolute atomic E-state index is 0.00892. The molecule has 3 N–H and O–H groups in total. The molecule has 1 fully saturated rings. The van der Waals surface area contributed by atoms with Gasteiger partial charge in [-0.3, -0.25) is 9.69 Å². The lowest BCUT2D eigenvalue weighted by molar-refractivity contribution is -0.136. The highest BCUT2D eigenvalue weighted by atomic mass is 35.5. The first-order chi connectivity index (χ1) is 10.3. The molecule has 3 amide bonds. The maximum absolute atomic E-state index is 12.1. The summed E-state index contributed by atoms with van der Waals surface area (Å²) in [6.45, 7) is 1.96. The number of hydrogen-bond donors (Lipinski definition) is 2. The van der Waals surface area contributed by atoms with Crippen molar-refractivity contribution in [3.05, 3.63) is 27.7 Å². The molecule has 2 rings (SSSR count). The van der Waals surface area contributed by atoms with Gasteiger partial charge < -0.3 is 15.8 Å². The third kappa shape index (κ3) is 3.26. The Balaban J connectivity index is 2.11. The van der Waals surface area contributed by atoms with Gasteiger partial charge in [0.25, 0.3) is 5.91 Å². The Morgan fingerprint density at radius 3 is 2.68 bits per heavy atom. The number of halogens is 2. The molecule has 1 saturated heterocycles. The number of anilines is 1. The third-order valence-corrected chi connectivity index (χ3v) is 3.60. The summed E-state index contributed by atoms with van der Waals surface area (Å²) >= 11 is 11.7. The van der Waals surface area contributed by atoms with Crippen molar-refractivity contribution in [1.82, 2.24) is 10.2 Å². The molecule has 1 aromatic rings. The number of benzene rings is 1. The first kappa shape index (κ1) is 16.4. The number of nitrogens with two attached hydrogens (primary N) is 1. The predicted octanol–water partition coefficient (Wildman–Crippen LogP) is 1.67. The van der Waals surface area contributed by atoms with Crippen LogP contribution in [-0.4, -0.2) is 42.0 Å². The molecule has 0 spiro atoms. The standard InChI is InChI=1S/C13H13Cl2N3O4/c1-6(11(19)18-3-2-17-13(18)21)22-12(20)8-4-7(14)5-9(15)10(8)16/h4-6H,2-3,16H2,1H3,(H,17,21). The van der Waals surface area contributed by atoms with Crippen LogP contribution in [0.4, 0.5) is 10.5 Å². The van der Waals surface area contributed by atoms with E-state index >= 15 is 0 Å². The number of nitrogen functional groups attached to an aromatic ring is 1. The zero-order chi connectivity index (χ0) is 16.4. The van der Waals surface area contributed by atoms with Gasteiger partial charge in [0.2, 0.25) is 0 Å². The van der Waals surface area contributed by atoms with Gasteiger partial charge in [0.1, 0.15) is 0 Å². The van der Waals surface area contributed by atoms with Gasteiger partial charge in [-0.05, 0) is 19.1 Å².